The maximum atomic E-state index is 14.0. The summed E-state index contributed by atoms with van der Waals surface area (Å²) in [5, 5.41) is 9.22. The van der Waals surface area contributed by atoms with E-state index in [1.165, 1.54) is 6.07 Å². The van der Waals surface area contributed by atoms with Crippen LogP contribution in [0.25, 0.3) is 0 Å². The molecular weight excluding hydrogens is 424 g/mol. The number of amides is 4. The van der Waals surface area contributed by atoms with E-state index in [0.717, 1.165) is 17.0 Å². The minimum atomic E-state index is -0.852. The average Bonchev–Trinajstić information content (AvgIpc) is 3.35. The van der Waals surface area contributed by atoms with E-state index in [1.807, 2.05) is 0 Å². The summed E-state index contributed by atoms with van der Waals surface area (Å²) in [5.41, 5.74) is -0.189. The van der Waals surface area contributed by atoms with Crippen molar-refractivity contribution < 1.29 is 27.7 Å². The molecule has 2 aromatic rings. The van der Waals surface area contributed by atoms with Gasteiger partial charge in [0.25, 0.3) is 5.91 Å². The molecule has 0 spiro atoms. The molecule has 2 fully saturated rings. The summed E-state index contributed by atoms with van der Waals surface area (Å²) in [4.78, 5) is 40.0. The maximum absolute atomic E-state index is 14.0. The van der Waals surface area contributed by atoms with Crippen LogP contribution in [0.1, 0.15) is 35.5 Å². The van der Waals surface area contributed by atoms with Crippen molar-refractivity contribution >= 4 is 23.5 Å². The molecule has 32 heavy (non-hydrogen) atoms. The van der Waals surface area contributed by atoms with Crippen molar-refractivity contribution in [2.75, 3.05) is 24.5 Å². The van der Waals surface area contributed by atoms with Crippen LogP contribution in [0.3, 0.4) is 0 Å². The number of piperidine rings is 1. The van der Waals surface area contributed by atoms with Gasteiger partial charge in [0.05, 0.1) is 0 Å². The molecule has 2 N–H and O–H groups in total. The Morgan fingerprint density at radius 1 is 1.09 bits per heavy atom. The van der Waals surface area contributed by atoms with Crippen LogP contribution in [0.15, 0.2) is 28.8 Å². The Balaban J connectivity index is 1.28. The lowest BCUT2D eigenvalue weighted by Crippen LogP contribution is -2.52. The molecule has 1 atom stereocenters. The van der Waals surface area contributed by atoms with E-state index in [4.69, 9.17) is 4.52 Å². The largest absolute Gasteiger partial charge is 0.361 e. The van der Waals surface area contributed by atoms with Gasteiger partial charge >= 0.3 is 6.03 Å². The SMILES string of the molecule is Cc1cc(C(=O)NC2CCN(C(=O)NC3CCN(c4c(F)cccc4F)C3=O)CC2)no1. The van der Waals surface area contributed by atoms with Crippen LogP contribution in [0.4, 0.5) is 19.3 Å². The van der Waals surface area contributed by atoms with Crippen LogP contribution < -0.4 is 15.5 Å². The van der Waals surface area contributed by atoms with Crippen LogP contribution in [-0.2, 0) is 4.79 Å². The summed E-state index contributed by atoms with van der Waals surface area (Å²) < 4.78 is 32.9. The predicted molar refractivity (Wildman–Crippen MR) is 109 cm³/mol. The minimum Gasteiger partial charge on any atom is -0.361 e. The van der Waals surface area contributed by atoms with E-state index in [1.54, 1.807) is 17.9 Å². The Bertz CT molecular complexity index is 1010. The molecule has 4 rings (SSSR count). The number of urea groups is 1. The zero-order valence-corrected chi connectivity index (χ0v) is 17.4. The average molecular weight is 447 g/mol. The molecule has 1 unspecified atom stereocenters. The number of nitrogens with zero attached hydrogens (tertiary/aromatic N) is 3. The molecule has 9 nitrogen and oxygen atoms in total. The molecule has 2 aliphatic heterocycles. The Morgan fingerprint density at radius 3 is 2.41 bits per heavy atom. The molecule has 2 aliphatic rings. The summed E-state index contributed by atoms with van der Waals surface area (Å²) in [6, 6.07) is 3.57. The second-order valence-corrected chi connectivity index (χ2v) is 7.91. The Labute approximate surface area is 182 Å². The van der Waals surface area contributed by atoms with Crippen molar-refractivity contribution in [2.45, 2.75) is 38.3 Å². The molecule has 3 heterocycles. The highest BCUT2D eigenvalue weighted by molar-refractivity contribution is 6.01. The van der Waals surface area contributed by atoms with Gasteiger partial charge in [0, 0.05) is 31.7 Å². The minimum absolute atomic E-state index is 0.108. The number of hydrogen-bond acceptors (Lipinski definition) is 5. The van der Waals surface area contributed by atoms with Gasteiger partial charge < -0.3 is 25.0 Å². The lowest BCUT2D eigenvalue weighted by atomic mass is 10.1. The topological polar surface area (TPSA) is 108 Å². The third-order valence-corrected chi connectivity index (χ3v) is 5.69. The molecule has 0 radical (unpaired) electrons. The zero-order valence-electron chi connectivity index (χ0n) is 17.4. The smallest absolute Gasteiger partial charge is 0.318 e. The van der Waals surface area contributed by atoms with Gasteiger partial charge in [-0.2, -0.15) is 0 Å². The highest BCUT2D eigenvalue weighted by Gasteiger charge is 2.37. The fourth-order valence-electron chi connectivity index (χ4n) is 3.98. The molecule has 0 bridgehead atoms. The number of carbonyl (C=O) groups is 3. The fraction of sp³-hybridized carbons (Fsp3) is 0.429. The lowest BCUT2D eigenvalue weighted by Gasteiger charge is -2.32. The summed E-state index contributed by atoms with van der Waals surface area (Å²) in [7, 11) is 0. The number of anilines is 1. The van der Waals surface area contributed by atoms with Crippen LogP contribution in [0.5, 0.6) is 0 Å². The van der Waals surface area contributed by atoms with Crippen molar-refractivity contribution in [3.8, 4) is 0 Å². The summed E-state index contributed by atoms with van der Waals surface area (Å²) in [6.45, 7) is 2.58. The monoisotopic (exact) mass is 447 g/mol. The van der Waals surface area contributed by atoms with Crippen molar-refractivity contribution in [3.63, 3.8) is 0 Å². The number of aromatic nitrogens is 1. The first kappa shape index (κ1) is 21.7. The molecule has 170 valence electrons. The number of hydrogen-bond donors (Lipinski definition) is 2. The van der Waals surface area contributed by atoms with E-state index in [-0.39, 0.29) is 30.6 Å². The summed E-state index contributed by atoms with van der Waals surface area (Å²) >= 11 is 0. The van der Waals surface area contributed by atoms with E-state index >= 15 is 0 Å². The van der Waals surface area contributed by atoms with Gasteiger partial charge in [0.2, 0.25) is 5.91 Å². The standard InChI is InChI=1S/C21H23F2N5O4/c1-12-11-17(26-32-12)19(29)24-13-5-8-27(9-6-13)21(31)25-16-7-10-28(20(16)30)18-14(22)3-2-4-15(18)23/h2-4,11,13,16H,5-10H2,1H3,(H,24,29)(H,25,31). The number of carbonyl (C=O) groups excluding carboxylic acids is 3. The van der Waals surface area contributed by atoms with Crippen molar-refractivity contribution in [2.24, 2.45) is 0 Å². The molecule has 0 aliphatic carbocycles. The highest BCUT2D eigenvalue weighted by Crippen LogP contribution is 2.27. The number of nitrogens with one attached hydrogen (secondary N) is 2. The van der Waals surface area contributed by atoms with E-state index in [9.17, 15) is 23.2 Å². The van der Waals surface area contributed by atoms with Gasteiger partial charge in [0.15, 0.2) is 5.69 Å². The van der Waals surface area contributed by atoms with Gasteiger partial charge in [0.1, 0.15) is 29.1 Å². The van der Waals surface area contributed by atoms with Crippen LogP contribution in [-0.4, -0.2) is 59.6 Å². The van der Waals surface area contributed by atoms with E-state index < -0.39 is 35.3 Å². The third kappa shape index (κ3) is 4.41. The first-order chi connectivity index (χ1) is 15.3. The van der Waals surface area contributed by atoms with Crippen molar-refractivity contribution in [1.82, 2.24) is 20.7 Å². The third-order valence-electron chi connectivity index (χ3n) is 5.69. The quantitative estimate of drug-likeness (QED) is 0.745. The van der Waals surface area contributed by atoms with Crippen LogP contribution >= 0.6 is 0 Å². The second-order valence-electron chi connectivity index (χ2n) is 7.91. The van der Waals surface area contributed by atoms with E-state index in [0.29, 0.717) is 31.7 Å². The number of aryl methyl sites for hydroxylation is 1. The number of likely N-dealkylation sites (tertiary alicyclic amines) is 1. The Kier molecular flexibility index (Phi) is 6.06. The first-order valence-corrected chi connectivity index (χ1v) is 10.4. The molecule has 2 saturated heterocycles. The summed E-state index contributed by atoms with van der Waals surface area (Å²) in [5.74, 6) is -1.99. The first-order valence-electron chi connectivity index (χ1n) is 10.4. The van der Waals surface area contributed by atoms with Gasteiger partial charge in [-0.25, -0.2) is 13.6 Å². The predicted octanol–water partition coefficient (Wildman–Crippen LogP) is 1.97. The van der Waals surface area contributed by atoms with Gasteiger partial charge in [-0.3, -0.25) is 9.59 Å². The molecule has 0 saturated carbocycles. The van der Waals surface area contributed by atoms with Crippen LogP contribution in [0, 0.1) is 18.6 Å². The second kappa shape index (κ2) is 8.93. The van der Waals surface area contributed by atoms with Gasteiger partial charge in [-0.1, -0.05) is 11.2 Å². The summed E-state index contributed by atoms with van der Waals surface area (Å²) in [6.07, 6.45) is 1.34. The molecule has 11 heteroatoms. The normalized spacial score (nSPS) is 19.3. The fourth-order valence-corrected chi connectivity index (χ4v) is 3.98. The molecular formula is C21H23F2N5O4. The lowest BCUT2D eigenvalue weighted by molar-refractivity contribution is -0.118. The number of rotatable bonds is 4. The zero-order chi connectivity index (χ0) is 22.8. The number of para-hydroxylation sites is 1. The van der Waals surface area contributed by atoms with E-state index in [2.05, 4.69) is 15.8 Å². The van der Waals surface area contributed by atoms with Crippen molar-refractivity contribution in [1.29, 1.82) is 0 Å². The van der Waals surface area contributed by atoms with Gasteiger partial charge in [-0.15, -0.1) is 0 Å². The van der Waals surface area contributed by atoms with Crippen molar-refractivity contribution in [3.05, 3.63) is 47.4 Å². The van der Waals surface area contributed by atoms with Gasteiger partial charge in [-0.05, 0) is 38.3 Å². The maximum Gasteiger partial charge on any atom is 0.318 e. The molecule has 1 aromatic carbocycles. The molecule has 1 aromatic heterocycles. The highest BCUT2D eigenvalue weighted by atomic mass is 19.1. The van der Waals surface area contributed by atoms with Crippen LogP contribution in [0.2, 0.25) is 0 Å². The molecule has 4 amide bonds. The number of halogens is 2. The Hall–Kier alpha value is -3.50. The number of benzene rings is 1. The Morgan fingerprint density at radius 2 is 1.78 bits per heavy atom.